The molecule has 0 unspecified atom stereocenters. The topological polar surface area (TPSA) is 23.5 Å². The van der Waals surface area contributed by atoms with Crippen LogP contribution in [-0.4, -0.2) is 29.2 Å². The Bertz CT molecular complexity index is 393. The van der Waals surface area contributed by atoms with Gasteiger partial charge in [0.15, 0.2) is 11.6 Å². The molecule has 1 aliphatic rings. The lowest BCUT2D eigenvalue weighted by Gasteiger charge is -2.37. The highest BCUT2D eigenvalue weighted by atomic mass is 19.2. The molecule has 0 heterocycles. The van der Waals surface area contributed by atoms with Crippen LogP contribution >= 0.6 is 0 Å². The summed E-state index contributed by atoms with van der Waals surface area (Å²) in [5.41, 5.74) is 0.790. The van der Waals surface area contributed by atoms with Gasteiger partial charge in [-0.3, -0.25) is 4.90 Å². The van der Waals surface area contributed by atoms with Gasteiger partial charge in [0, 0.05) is 25.7 Å². The second-order valence-electron chi connectivity index (χ2n) is 4.88. The second-order valence-corrected chi connectivity index (χ2v) is 4.88. The number of benzene rings is 1. The number of halogens is 2. The lowest BCUT2D eigenvalue weighted by Crippen LogP contribution is -2.40. The van der Waals surface area contributed by atoms with Crippen LogP contribution in [0.25, 0.3) is 0 Å². The van der Waals surface area contributed by atoms with Gasteiger partial charge in [-0.25, -0.2) is 8.78 Å². The summed E-state index contributed by atoms with van der Waals surface area (Å²) in [7, 11) is 0. The fraction of sp³-hybridized carbons (Fsp3) is 0.571. The summed E-state index contributed by atoms with van der Waals surface area (Å²) in [6.45, 7) is 1.60. The minimum Gasteiger partial charge on any atom is -0.396 e. The Morgan fingerprint density at radius 2 is 2.00 bits per heavy atom. The second kappa shape index (κ2) is 6.25. The first kappa shape index (κ1) is 13.4. The van der Waals surface area contributed by atoms with Gasteiger partial charge in [0.2, 0.25) is 0 Å². The normalized spacial score (nSPS) is 16.0. The van der Waals surface area contributed by atoms with E-state index in [9.17, 15) is 8.78 Å². The summed E-state index contributed by atoms with van der Waals surface area (Å²) >= 11 is 0. The highest BCUT2D eigenvalue weighted by Gasteiger charge is 2.24. The standard InChI is InChI=1S/C14H19F2NO/c15-13-6-5-11(9-14(13)16)10-17(7-2-8-18)12-3-1-4-12/h5-6,9,12,18H,1-4,7-8,10H2. The molecule has 1 saturated carbocycles. The summed E-state index contributed by atoms with van der Waals surface area (Å²) in [4.78, 5) is 2.26. The van der Waals surface area contributed by atoms with E-state index in [0.717, 1.165) is 31.4 Å². The van der Waals surface area contributed by atoms with Crippen LogP contribution in [0.2, 0.25) is 0 Å². The van der Waals surface area contributed by atoms with Crippen molar-refractivity contribution in [3.63, 3.8) is 0 Å². The first-order valence-corrected chi connectivity index (χ1v) is 6.49. The van der Waals surface area contributed by atoms with E-state index in [1.807, 2.05) is 0 Å². The van der Waals surface area contributed by atoms with Gasteiger partial charge in [-0.15, -0.1) is 0 Å². The number of aliphatic hydroxyl groups is 1. The van der Waals surface area contributed by atoms with Gasteiger partial charge in [-0.05, 0) is 37.0 Å². The minimum atomic E-state index is -0.802. The first-order valence-electron chi connectivity index (χ1n) is 6.49. The molecule has 0 saturated heterocycles. The van der Waals surface area contributed by atoms with Gasteiger partial charge in [0.1, 0.15) is 0 Å². The molecule has 2 nitrogen and oxygen atoms in total. The van der Waals surface area contributed by atoms with Crippen LogP contribution in [0.4, 0.5) is 8.78 Å². The molecule has 2 rings (SSSR count). The van der Waals surface area contributed by atoms with E-state index >= 15 is 0 Å². The molecule has 1 fully saturated rings. The minimum absolute atomic E-state index is 0.168. The molecule has 1 aliphatic carbocycles. The van der Waals surface area contributed by atoms with E-state index in [-0.39, 0.29) is 6.61 Å². The van der Waals surface area contributed by atoms with E-state index in [4.69, 9.17) is 5.11 Å². The van der Waals surface area contributed by atoms with E-state index in [1.165, 1.54) is 18.6 Å². The van der Waals surface area contributed by atoms with Gasteiger partial charge in [-0.1, -0.05) is 12.5 Å². The Morgan fingerprint density at radius 1 is 1.22 bits per heavy atom. The highest BCUT2D eigenvalue weighted by Crippen LogP contribution is 2.26. The number of hydrogen-bond acceptors (Lipinski definition) is 2. The molecule has 0 aromatic heterocycles. The van der Waals surface area contributed by atoms with Crippen molar-refractivity contribution >= 4 is 0 Å². The molecule has 4 heteroatoms. The Kier molecular flexibility index (Phi) is 4.66. The van der Waals surface area contributed by atoms with E-state index in [2.05, 4.69) is 4.90 Å². The average Bonchev–Trinajstić information content (AvgIpc) is 2.28. The molecule has 1 N–H and O–H groups in total. The maximum atomic E-state index is 13.1. The molecule has 0 amide bonds. The Balaban J connectivity index is 1.99. The predicted octanol–water partition coefficient (Wildman–Crippen LogP) is 2.70. The molecule has 0 atom stereocenters. The maximum absolute atomic E-state index is 13.1. The van der Waals surface area contributed by atoms with Crippen LogP contribution in [0.15, 0.2) is 18.2 Å². The van der Waals surface area contributed by atoms with Crippen molar-refractivity contribution in [3.8, 4) is 0 Å². The molecular weight excluding hydrogens is 236 g/mol. The van der Waals surface area contributed by atoms with E-state index in [1.54, 1.807) is 6.07 Å². The van der Waals surface area contributed by atoms with Gasteiger partial charge < -0.3 is 5.11 Å². The molecule has 100 valence electrons. The third-order valence-electron chi connectivity index (χ3n) is 3.56. The Hall–Kier alpha value is -1.00. The molecule has 18 heavy (non-hydrogen) atoms. The van der Waals surface area contributed by atoms with Crippen molar-refractivity contribution in [2.75, 3.05) is 13.2 Å². The maximum Gasteiger partial charge on any atom is 0.159 e. The predicted molar refractivity (Wildman–Crippen MR) is 66.1 cm³/mol. The highest BCUT2D eigenvalue weighted by molar-refractivity contribution is 5.17. The number of nitrogens with zero attached hydrogens (tertiary/aromatic N) is 1. The summed E-state index contributed by atoms with van der Waals surface area (Å²) in [5, 5.41) is 8.90. The lowest BCUT2D eigenvalue weighted by atomic mass is 9.91. The number of aliphatic hydroxyl groups excluding tert-OH is 1. The fourth-order valence-electron chi connectivity index (χ4n) is 2.29. The monoisotopic (exact) mass is 255 g/mol. The molecule has 0 spiro atoms. The zero-order valence-electron chi connectivity index (χ0n) is 10.4. The van der Waals surface area contributed by atoms with E-state index < -0.39 is 11.6 Å². The third-order valence-corrected chi connectivity index (χ3v) is 3.56. The average molecular weight is 255 g/mol. The fourth-order valence-corrected chi connectivity index (χ4v) is 2.29. The van der Waals surface area contributed by atoms with Crippen molar-refractivity contribution in [1.29, 1.82) is 0 Å². The van der Waals surface area contributed by atoms with Crippen LogP contribution in [-0.2, 0) is 6.54 Å². The SMILES string of the molecule is OCCCN(Cc1ccc(F)c(F)c1)C1CCC1. The quantitative estimate of drug-likeness (QED) is 0.845. The first-order chi connectivity index (χ1) is 8.70. The zero-order chi connectivity index (χ0) is 13.0. The van der Waals surface area contributed by atoms with Crippen molar-refractivity contribution < 1.29 is 13.9 Å². The van der Waals surface area contributed by atoms with Gasteiger partial charge in [0.05, 0.1) is 0 Å². The van der Waals surface area contributed by atoms with Gasteiger partial charge in [-0.2, -0.15) is 0 Å². The Labute approximate surface area is 106 Å². The lowest BCUT2D eigenvalue weighted by molar-refractivity contribution is 0.109. The molecule has 1 aromatic carbocycles. The van der Waals surface area contributed by atoms with Crippen molar-refractivity contribution in [2.24, 2.45) is 0 Å². The summed E-state index contributed by atoms with van der Waals surface area (Å²) in [5.74, 6) is -1.59. The summed E-state index contributed by atoms with van der Waals surface area (Å²) < 4.78 is 26.0. The molecule has 0 radical (unpaired) electrons. The van der Waals surface area contributed by atoms with Crippen molar-refractivity contribution in [1.82, 2.24) is 4.90 Å². The summed E-state index contributed by atoms with van der Waals surface area (Å²) in [6, 6.07) is 4.60. The summed E-state index contributed by atoms with van der Waals surface area (Å²) in [6.07, 6.45) is 4.28. The van der Waals surface area contributed by atoms with Crippen LogP contribution in [0.1, 0.15) is 31.2 Å². The van der Waals surface area contributed by atoms with Crippen LogP contribution < -0.4 is 0 Å². The van der Waals surface area contributed by atoms with Crippen LogP contribution in [0.5, 0.6) is 0 Å². The Morgan fingerprint density at radius 3 is 2.56 bits per heavy atom. The van der Waals surface area contributed by atoms with E-state index in [0.29, 0.717) is 12.6 Å². The largest absolute Gasteiger partial charge is 0.396 e. The number of rotatable bonds is 6. The van der Waals surface area contributed by atoms with Gasteiger partial charge in [0.25, 0.3) is 0 Å². The van der Waals surface area contributed by atoms with Crippen LogP contribution in [0.3, 0.4) is 0 Å². The molecule has 0 aliphatic heterocycles. The van der Waals surface area contributed by atoms with Gasteiger partial charge >= 0.3 is 0 Å². The number of hydrogen-bond donors (Lipinski definition) is 1. The smallest absolute Gasteiger partial charge is 0.159 e. The third kappa shape index (κ3) is 3.27. The van der Waals surface area contributed by atoms with Crippen molar-refractivity contribution in [3.05, 3.63) is 35.4 Å². The van der Waals surface area contributed by atoms with Crippen molar-refractivity contribution in [2.45, 2.75) is 38.3 Å². The molecule has 0 bridgehead atoms. The molecular formula is C14H19F2NO. The zero-order valence-corrected chi connectivity index (χ0v) is 10.4. The van der Waals surface area contributed by atoms with Crippen LogP contribution in [0, 0.1) is 11.6 Å². The molecule has 1 aromatic rings.